The average Bonchev–Trinajstić information content (AvgIpc) is 3.71. The van der Waals surface area contributed by atoms with E-state index in [1.54, 1.807) is 24.3 Å². The van der Waals surface area contributed by atoms with Gasteiger partial charge in [0.25, 0.3) is 0 Å². The van der Waals surface area contributed by atoms with E-state index in [4.69, 9.17) is 20.2 Å². The Bertz CT molecular complexity index is 2040. The molecular weight excluding hydrogens is 659 g/mol. The van der Waals surface area contributed by atoms with Crippen LogP contribution < -0.4 is 0 Å². The van der Waals surface area contributed by atoms with Gasteiger partial charge in [0.2, 0.25) is 0 Å². The minimum atomic E-state index is -0.447. The largest absolute Gasteiger partial charge is 0.296 e. The number of aromatic nitrogens is 6. The lowest BCUT2D eigenvalue weighted by molar-refractivity contribution is -0.130. The maximum atomic E-state index is 15.6. The van der Waals surface area contributed by atoms with Crippen molar-refractivity contribution in [3.8, 4) is 22.5 Å². The van der Waals surface area contributed by atoms with Gasteiger partial charge in [-0.2, -0.15) is 10.2 Å². The summed E-state index contributed by atoms with van der Waals surface area (Å²) in [5.41, 5.74) is 7.73. The van der Waals surface area contributed by atoms with E-state index in [0.29, 0.717) is 35.5 Å². The molecule has 9 nitrogen and oxygen atoms in total. The van der Waals surface area contributed by atoms with Gasteiger partial charge in [0.1, 0.15) is 11.6 Å². The van der Waals surface area contributed by atoms with E-state index in [1.807, 2.05) is 47.1 Å². The number of ketones is 1. The van der Waals surface area contributed by atoms with Gasteiger partial charge in [-0.3, -0.25) is 14.6 Å². The molecule has 2 aromatic carbocycles. The van der Waals surface area contributed by atoms with Crippen molar-refractivity contribution in [3.05, 3.63) is 107 Å². The summed E-state index contributed by atoms with van der Waals surface area (Å²) in [6, 6.07) is 19.7. The molecule has 6 heterocycles. The minimum Gasteiger partial charge on any atom is -0.296 e. The van der Waals surface area contributed by atoms with Crippen molar-refractivity contribution in [1.82, 2.24) is 39.0 Å². The van der Waals surface area contributed by atoms with Crippen LogP contribution in [0.5, 0.6) is 0 Å². The molecule has 0 N–H and O–H groups in total. The van der Waals surface area contributed by atoms with Crippen LogP contribution in [0.2, 0.25) is 0 Å². The minimum absolute atomic E-state index is 0.157. The van der Waals surface area contributed by atoms with Gasteiger partial charge in [0.15, 0.2) is 17.1 Å². The van der Waals surface area contributed by atoms with Crippen LogP contribution in [0.1, 0.15) is 61.3 Å². The smallest absolute Gasteiger partial charge is 0.167 e. The maximum Gasteiger partial charge on any atom is 0.167 e. The molecule has 0 amide bonds. The van der Waals surface area contributed by atoms with Gasteiger partial charge in [-0.05, 0) is 139 Å². The molecule has 52 heavy (non-hydrogen) atoms. The molecule has 11 heteroatoms. The number of carbonyl (C=O) groups excluding carboxylic acids is 1. The topological polar surface area (TPSA) is 83.9 Å². The zero-order valence-corrected chi connectivity index (χ0v) is 29.8. The predicted octanol–water partition coefficient (Wildman–Crippen LogP) is 7.06. The zero-order valence-electron chi connectivity index (χ0n) is 29.8. The molecule has 2 atom stereocenters. The SMILES string of the molecule is Cc1ccc2nc(-c3ccc(F)cc3)c(CC(C(=O)C(Cc3c(-c4ccc(F)cc4)nc4ccc(C)nn34)N3CCCCC3)N3CCCCC3)n2n1. The number of fused-ring (bicyclic) bond motifs is 2. The third-order valence-electron chi connectivity index (χ3n) is 10.7. The third kappa shape index (κ3) is 6.87. The van der Waals surface area contributed by atoms with Crippen LogP contribution in [-0.2, 0) is 17.6 Å². The summed E-state index contributed by atoms with van der Waals surface area (Å²) in [5.74, 6) is -0.471. The lowest BCUT2D eigenvalue weighted by Gasteiger charge is -2.39. The normalized spacial score (nSPS) is 17.2. The van der Waals surface area contributed by atoms with Gasteiger partial charge in [-0.25, -0.2) is 27.8 Å². The fourth-order valence-corrected chi connectivity index (χ4v) is 8.05. The van der Waals surface area contributed by atoms with E-state index in [-0.39, 0.29) is 17.4 Å². The second-order valence-corrected chi connectivity index (χ2v) is 14.4. The fraction of sp³-hybridized carbons (Fsp3) is 0.390. The molecule has 2 fully saturated rings. The lowest BCUT2D eigenvalue weighted by atomic mass is 9.90. The van der Waals surface area contributed by atoms with Crippen LogP contribution in [0, 0.1) is 25.5 Å². The Labute approximate surface area is 302 Å². The van der Waals surface area contributed by atoms with Crippen LogP contribution in [0.3, 0.4) is 0 Å². The first kappa shape index (κ1) is 34.2. The molecule has 0 saturated carbocycles. The van der Waals surface area contributed by atoms with Crippen molar-refractivity contribution in [2.24, 2.45) is 0 Å². The Morgan fingerprint density at radius 2 is 0.962 bits per heavy atom. The molecule has 0 bridgehead atoms. The summed E-state index contributed by atoms with van der Waals surface area (Å²) in [4.78, 5) is 30.3. The maximum absolute atomic E-state index is 15.6. The second-order valence-electron chi connectivity index (χ2n) is 14.4. The molecule has 0 aliphatic carbocycles. The molecule has 0 spiro atoms. The molecule has 4 aromatic heterocycles. The van der Waals surface area contributed by atoms with E-state index < -0.39 is 12.1 Å². The van der Waals surface area contributed by atoms with Gasteiger partial charge < -0.3 is 0 Å². The highest BCUT2D eigenvalue weighted by Crippen LogP contribution is 2.31. The molecular formula is C41H44F2N8O. The summed E-state index contributed by atoms with van der Waals surface area (Å²) in [6.45, 7) is 7.21. The van der Waals surface area contributed by atoms with Crippen molar-refractivity contribution < 1.29 is 13.6 Å². The third-order valence-corrected chi connectivity index (χ3v) is 10.7. The summed E-state index contributed by atoms with van der Waals surface area (Å²) in [7, 11) is 0. The quantitative estimate of drug-likeness (QED) is 0.151. The van der Waals surface area contributed by atoms with Crippen LogP contribution in [0.4, 0.5) is 8.78 Å². The van der Waals surface area contributed by atoms with E-state index in [9.17, 15) is 8.78 Å². The monoisotopic (exact) mass is 702 g/mol. The zero-order chi connectivity index (χ0) is 35.8. The first-order chi connectivity index (χ1) is 25.3. The van der Waals surface area contributed by atoms with Gasteiger partial charge in [0.05, 0.1) is 46.2 Å². The molecule has 2 unspecified atom stereocenters. The molecule has 2 aliphatic heterocycles. The molecule has 268 valence electrons. The number of imidazole rings is 2. The second kappa shape index (κ2) is 14.6. The van der Waals surface area contributed by atoms with Gasteiger partial charge in [-0.15, -0.1) is 0 Å². The Hall–Kier alpha value is -4.87. The lowest BCUT2D eigenvalue weighted by Crippen LogP contribution is -2.55. The molecule has 0 radical (unpaired) electrons. The number of hydrogen-bond acceptors (Lipinski definition) is 7. The highest BCUT2D eigenvalue weighted by molar-refractivity contribution is 5.90. The van der Waals surface area contributed by atoms with E-state index >= 15 is 4.79 Å². The molecule has 6 aromatic rings. The summed E-state index contributed by atoms with van der Waals surface area (Å²) in [6.07, 6.45) is 7.19. The predicted molar refractivity (Wildman–Crippen MR) is 197 cm³/mol. The Balaban J connectivity index is 1.25. The number of hydrogen-bond donors (Lipinski definition) is 0. The van der Waals surface area contributed by atoms with E-state index in [1.165, 1.54) is 24.3 Å². The Morgan fingerprint density at radius 3 is 1.35 bits per heavy atom. The fourth-order valence-electron chi connectivity index (χ4n) is 8.05. The van der Waals surface area contributed by atoms with Gasteiger partial charge in [-0.1, -0.05) is 12.8 Å². The van der Waals surface area contributed by atoms with Gasteiger partial charge in [0, 0.05) is 24.0 Å². The van der Waals surface area contributed by atoms with Crippen LogP contribution in [0.25, 0.3) is 33.8 Å². The number of piperidine rings is 2. The summed E-state index contributed by atoms with van der Waals surface area (Å²) < 4.78 is 31.9. The first-order valence-electron chi connectivity index (χ1n) is 18.6. The van der Waals surface area contributed by atoms with E-state index in [0.717, 1.165) is 98.6 Å². The highest BCUT2D eigenvalue weighted by Gasteiger charge is 2.38. The standard InChI is InChI=1S/C41H44F2N8O/c1-27-9-19-37-44-39(29-11-15-31(42)16-12-29)33(50(37)46-27)25-35(48-21-5-3-6-22-48)41(52)36(49-23-7-4-8-24-49)26-34-40(30-13-17-32(43)18-14-30)45-38-20-10-28(2)47-51(34)38/h9-20,35-36H,3-8,21-26H2,1-2H3. The summed E-state index contributed by atoms with van der Waals surface area (Å²) >= 11 is 0. The first-order valence-corrected chi connectivity index (χ1v) is 18.6. The number of aryl methyl sites for hydroxylation is 2. The number of carbonyl (C=O) groups is 1. The Kier molecular flexibility index (Phi) is 9.63. The number of halogens is 2. The van der Waals surface area contributed by atoms with Crippen molar-refractivity contribution in [2.45, 2.75) is 77.3 Å². The molecule has 8 rings (SSSR count). The highest BCUT2D eigenvalue weighted by atomic mass is 19.1. The average molecular weight is 703 g/mol. The van der Waals surface area contributed by atoms with Crippen molar-refractivity contribution in [2.75, 3.05) is 26.2 Å². The summed E-state index contributed by atoms with van der Waals surface area (Å²) in [5, 5.41) is 9.76. The van der Waals surface area contributed by atoms with E-state index in [2.05, 4.69) is 9.80 Å². The molecule has 2 aliphatic rings. The van der Waals surface area contributed by atoms with Gasteiger partial charge >= 0.3 is 0 Å². The number of nitrogens with zero attached hydrogens (tertiary/aromatic N) is 8. The number of Topliss-reactive ketones (excluding diaryl/α,β-unsaturated/α-hetero) is 1. The number of rotatable bonds is 10. The van der Waals surface area contributed by atoms with Crippen molar-refractivity contribution in [1.29, 1.82) is 0 Å². The van der Waals surface area contributed by atoms with Crippen molar-refractivity contribution in [3.63, 3.8) is 0 Å². The number of benzene rings is 2. The molecule has 2 saturated heterocycles. The van der Waals surface area contributed by atoms with Crippen LogP contribution >= 0.6 is 0 Å². The van der Waals surface area contributed by atoms with Crippen molar-refractivity contribution >= 4 is 17.1 Å². The van der Waals surface area contributed by atoms with Crippen LogP contribution in [0.15, 0.2) is 72.8 Å². The Morgan fingerprint density at radius 1 is 0.577 bits per heavy atom. The number of likely N-dealkylation sites (tertiary alicyclic amines) is 2. The van der Waals surface area contributed by atoms with Crippen LogP contribution in [-0.4, -0.2) is 83.0 Å².